The predicted octanol–water partition coefficient (Wildman–Crippen LogP) is 3.08. The number of hydrogen-bond donors (Lipinski definition) is 1. The van der Waals surface area contributed by atoms with Gasteiger partial charge in [0.1, 0.15) is 5.75 Å². The number of rotatable bonds is 6. The second kappa shape index (κ2) is 7.65. The van der Waals surface area contributed by atoms with E-state index in [1.54, 1.807) is 7.11 Å². The fourth-order valence-electron chi connectivity index (χ4n) is 3.27. The van der Waals surface area contributed by atoms with E-state index in [-0.39, 0.29) is 0 Å². The average molecular weight is 276 g/mol. The number of nitrogens with one attached hydrogen (secondary N) is 1. The van der Waals surface area contributed by atoms with Gasteiger partial charge < -0.3 is 10.1 Å². The van der Waals surface area contributed by atoms with Crippen LogP contribution in [0.5, 0.6) is 5.75 Å². The standard InChI is InChI=1S/C17H28N2O/c1-4-11-18-13-15-6-5-12-19(2)17(15)14-7-9-16(20-3)10-8-14/h7-10,15,17-18H,4-6,11-13H2,1-3H3. The van der Waals surface area contributed by atoms with Crippen molar-refractivity contribution < 1.29 is 4.74 Å². The lowest BCUT2D eigenvalue weighted by Gasteiger charge is -2.40. The molecule has 1 aromatic carbocycles. The minimum Gasteiger partial charge on any atom is -0.497 e. The van der Waals surface area contributed by atoms with Crippen LogP contribution in [-0.2, 0) is 0 Å². The molecular weight excluding hydrogens is 248 g/mol. The van der Waals surface area contributed by atoms with Crippen LogP contribution in [0.15, 0.2) is 24.3 Å². The zero-order valence-corrected chi connectivity index (χ0v) is 13.1. The molecule has 1 aliphatic heterocycles. The molecule has 1 heterocycles. The van der Waals surface area contributed by atoms with E-state index in [1.807, 2.05) is 0 Å². The van der Waals surface area contributed by atoms with E-state index in [1.165, 1.54) is 31.4 Å². The fraction of sp³-hybridized carbons (Fsp3) is 0.647. The largest absolute Gasteiger partial charge is 0.497 e. The van der Waals surface area contributed by atoms with Crippen LogP contribution in [0.25, 0.3) is 0 Å². The number of nitrogens with zero attached hydrogens (tertiary/aromatic N) is 1. The Balaban J connectivity index is 2.09. The van der Waals surface area contributed by atoms with Gasteiger partial charge in [-0.1, -0.05) is 19.1 Å². The molecular formula is C17H28N2O. The van der Waals surface area contributed by atoms with E-state index in [4.69, 9.17) is 4.74 Å². The Bertz CT molecular complexity index is 390. The average Bonchev–Trinajstić information content (AvgIpc) is 2.48. The molecule has 1 saturated heterocycles. The van der Waals surface area contributed by atoms with E-state index in [2.05, 4.69) is 48.5 Å². The molecule has 1 aromatic rings. The lowest BCUT2D eigenvalue weighted by atomic mass is 9.85. The van der Waals surface area contributed by atoms with Gasteiger partial charge in [0.25, 0.3) is 0 Å². The Hall–Kier alpha value is -1.06. The summed E-state index contributed by atoms with van der Waals surface area (Å²) in [4.78, 5) is 2.50. The van der Waals surface area contributed by atoms with Crippen molar-refractivity contribution in [3.63, 3.8) is 0 Å². The smallest absolute Gasteiger partial charge is 0.118 e. The zero-order chi connectivity index (χ0) is 14.4. The molecule has 2 rings (SSSR count). The zero-order valence-electron chi connectivity index (χ0n) is 13.1. The normalized spacial score (nSPS) is 23.8. The lowest BCUT2D eigenvalue weighted by molar-refractivity contribution is 0.119. The van der Waals surface area contributed by atoms with Gasteiger partial charge in [-0.2, -0.15) is 0 Å². The monoisotopic (exact) mass is 276 g/mol. The molecule has 0 amide bonds. The Kier molecular flexibility index (Phi) is 5.86. The molecule has 1 N–H and O–H groups in total. The summed E-state index contributed by atoms with van der Waals surface area (Å²) in [6.07, 6.45) is 3.83. The molecule has 2 atom stereocenters. The summed E-state index contributed by atoms with van der Waals surface area (Å²) in [5.41, 5.74) is 1.41. The molecule has 1 aliphatic rings. The number of hydrogen-bond acceptors (Lipinski definition) is 3. The molecule has 1 fully saturated rings. The quantitative estimate of drug-likeness (QED) is 0.808. The maximum Gasteiger partial charge on any atom is 0.118 e. The number of methoxy groups -OCH3 is 1. The summed E-state index contributed by atoms with van der Waals surface area (Å²) in [6, 6.07) is 9.12. The topological polar surface area (TPSA) is 24.5 Å². The van der Waals surface area contributed by atoms with Crippen LogP contribution in [0, 0.1) is 5.92 Å². The molecule has 3 heteroatoms. The Morgan fingerprint density at radius 2 is 2.05 bits per heavy atom. The first-order chi connectivity index (χ1) is 9.76. The number of likely N-dealkylation sites (tertiary alicyclic amines) is 1. The highest BCUT2D eigenvalue weighted by Crippen LogP contribution is 2.35. The third-order valence-corrected chi connectivity index (χ3v) is 4.30. The summed E-state index contributed by atoms with van der Waals surface area (Å²) in [5.74, 6) is 1.64. The highest BCUT2D eigenvalue weighted by atomic mass is 16.5. The van der Waals surface area contributed by atoms with E-state index >= 15 is 0 Å². The molecule has 0 aliphatic carbocycles. The summed E-state index contributed by atoms with van der Waals surface area (Å²) < 4.78 is 5.26. The van der Waals surface area contributed by atoms with Crippen molar-refractivity contribution >= 4 is 0 Å². The third kappa shape index (κ3) is 3.74. The van der Waals surface area contributed by atoms with Gasteiger partial charge in [0, 0.05) is 6.04 Å². The van der Waals surface area contributed by atoms with Crippen LogP contribution in [0.2, 0.25) is 0 Å². The van der Waals surface area contributed by atoms with Gasteiger partial charge in [0.2, 0.25) is 0 Å². The minimum absolute atomic E-state index is 0.527. The van der Waals surface area contributed by atoms with Crippen LogP contribution >= 0.6 is 0 Å². The molecule has 0 spiro atoms. The van der Waals surface area contributed by atoms with E-state index < -0.39 is 0 Å². The summed E-state index contributed by atoms with van der Waals surface area (Å²) in [5, 5.41) is 3.60. The summed E-state index contributed by atoms with van der Waals surface area (Å²) in [6.45, 7) is 5.66. The van der Waals surface area contributed by atoms with Crippen molar-refractivity contribution in [3.8, 4) is 5.75 Å². The van der Waals surface area contributed by atoms with Crippen molar-refractivity contribution in [1.82, 2.24) is 10.2 Å². The first-order valence-corrected chi connectivity index (χ1v) is 7.81. The van der Waals surface area contributed by atoms with Gasteiger partial charge >= 0.3 is 0 Å². The third-order valence-electron chi connectivity index (χ3n) is 4.30. The highest BCUT2D eigenvalue weighted by molar-refractivity contribution is 5.29. The van der Waals surface area contributed by atoms with Crippen LogP contribution < -0.4 is 10.1 Å². The molecule has 20 heavy (non-hydrogen) atoms. The molecule has 112 valence electrons. The van der Waals surface area contributed by atoms with E-state index in [0.29, 0.717) is 12.0 Å². The molecule has 0 radical (unpaired) electrons. The lowest BCUT2D eigenvalue weighted by Crippen LogP contribution is -2.40. The van der Waals surface area contributed by atoms with Crippen LogP contribution in [0.4, 0.5) is 0 Å². The fourth-order valence-corrected chi connectivity index (χ4v) is 3.27. The van der Waals surface area contributed by atoms with Crippen LogP contribution in [0.3, 0.4) is 0 Å². The Morgan fingerprint density at radius 1 is 1.30 bits per heavy atom. The second-order valence-corrected chi connectivity index (χ2v) is 5.81. The minimum atomic E-state index is 0.527. The summed E-state index contributed by atoms with van der Waals surface area (Å²) >= 11 is 0. The maximum atomic E-state index is 5.26. The molecule has 0 bridgehead atoms. The van der Waals surface area contributed by atoms with E-state index in [9.17, 15) is 0 Å². The molecule has 0 saturated carbocycles. The van der Waals surface area contributed by atoms with Crippen molar-refractivity contribution in [2.45, 2.75) is 32.2 Å². The van der Waals surface area contributed by atoms with Crippen molar-refractivity contribution in [2.75, 3.05) is 33.8 Å². The first kappa shape index (κ1) is 15.3. The SMILES string of the molecule is CCCNCC1CCCN(C)C1c1ccc(OC)cc1. The Labute approximate surface area is 123 Å². The van der Waals surface area contributed by atoms with Crippen LogP contribution in [-0.4, -0.2) is 38.7 Å². The highest BCUT2D eigenvalue weighted by Gasteiger charge is 2.29. The molecule has 0 aromatic heterocycles. The van der Waals surface area contributed by atoms with Gasteiger partial charge in [0.15, 0.2) is 0 Å². The first-order valence-electron chi connectivity index (χ1n) is 7.81. The maximum absolute atomic E-state index is 5.26. The van der Waals surface area contributed by atoms with Gasteiger partial charge in [-0.3, -0.25) is 4.90 Å². The van der Waals surface area contributed by atoms with Crippen molar-refractivity contribution in [2.24, 2.45) is 5.92 Å². The summed E-state index contributed by atoms with van der Waals surface area (Å²) in [7, 11) is 3.97. The number of piperidine rings is 1. The Morgan fingerprint density at radius 3 is 2.70 bits per heavy atom. The van der Waals surface area contributed by atoms with Gasteiger partial charge in [0.05, 0.1) is 7.11 Å². The van der Waals surface area contributed by atoms with Crippen molar-refractivity contribution in [1.29, 1.82) is 0 Å². The molecule has 3 nitrogen and oxygen atoms in total. The number of benzene rings is 1. The van der Waals surface area contributed by atoms with Crippen LogP contribution in [0.1, 0.15) is 37.8 Å². The van der Waals surface area contributed by atoms with Gasteiger partial charge in [-0.15, -0.1) is 0 Å². The molecule has 2 unspecified atom stereocenters. The predicted molar refractivity (Wildman–Crippen MR) is 84.2 cm³/mol. The van der Waals surface area contributed by atoms with E-state index in [0.717, 1.165) is 18.8 Å². The number of ether oxygens (including phenoxy) is 1. The van der Waals surface area contributed by atoms with Gasteiger partial charge in [-0.25, -0.2) is 0 Å². The second-order valence-electron chi connectivity index (χ2n) is 5.81. The van der Waals surface area contributed by atoms with Crippen molar-refractivity contribution in [3.05, 3.63) is 29.8 Å². The van der Waals surface area contributed by atoms with Gasteiger partial charge in [-0.05, 0) is 69.6 Å².